The molecule has 2 N–H and O–H groups in total. The normalized spacial score (nSPS) is 11.4. The van der Waals surface area contributed by atoms with E-state index >= 15 is 0 Å². The lowest BCUT2D eigenvalue weighted by Gasteiger charge is -2.15. The Morgan fingerprint density at radius 3 is 2.69 bits per heavy atom. The molecule has 168 valence electrons. The van der Waals surface area contributed by atoms with E-state index in [0.29, 0.717) is 11.4 Å². The van der Waals surface area contributed by atoms with Crippen LogP contribution in [0.4, 0.5) is 5.69 Å². The zero-order chi connectivity index (χ0) is 22.9. The molecule has 1 unspecified atom stereocenters. The third-order valence-electron chi connectivity index (χ3n) is 4.27. The maximum atomic E-state index is 12.6. The zero-order valence-electron chi connectivity index (χ0n) is 17.1. The third-order valence-corrected chi connectivity index (χ3v) is 4.90. The Morgan fingerprint density at radius 1 is 1.25 bits per heavy atom. The van der Waals surface area contributed by atoms with Gasteiger partial charge >= 0.3 is 0 Å². The minimum Gasteiger partial charge on any atom is -0.493 e. The Morgan fingerprint density at radius 2 is 2.03 bits per heavy atom. The summed E-state index contributed by atoms with van der Waals surface area (Å²) in [6.07, 6.45) is -1.01. The van der Waals surface area contributed by atoms with Crippen molar-refractivity contribution < 1.29 is 29.0 Å². The molecule has 32 heavy (non-hydrogen) atoms. The van der Waals surface area contributed by atoms with E-state index in [1.807, 2.05) is 6.07 Å². The van der Waals surface area contributed by atoms with Crippen molar-refractivity contribution in [3.05, 3.63) is 74.7 Å². The van der Waals surface area contributed by atoms with E-state index in [-0.39, 0.29) is 36.8 Å². The zero-order valence-corrected chi connectivity index (χ0v) is 17.9. The number of nitrogens with zero attached hydrogens (tertiary/aromatic N) is 2. The van der Waals surface area contributed by atoms with Crippen LogP contribution in [-0.2, 0) is 6.61 Å². The van der Waals surface area contributed by atoms with Gasteiger partial charge in [-0.25, -0.2) is 4.98 Å². The van der Waals surface area contributed by atoms with Gasteiger partial charge in [0.15, 0.2) is 11.5 Å². The van der Waals surface area contributed by atoms with Crippen LogP contribution < -0.4 is 19.5 Å². The molecule has 1 atom stereocenters. The number of nitro benzene ring substituents is 1. The van der Waals surface area contributed by atoms with Gasteiger partial charge in [0.1, 0.15) is 30.6 Å². The molecule has 0 saturated heterocycles. The van der Waals surface area contributed by atoms with Gasteiger partial charge < -0.3 is 24.6 Å². The highest BCUT2D eigenvalue weighted by Crippen LogP contribution is 2.35. The van der Waals surface area contributed by atoms with Gasteiger partial charge in [-0.3, -0.25) is 14.9 Å². The van der Waals surface area contributed by atoms with Crippen molar-refractivity contribution in [2.45, 2.75) is 12.7 Å². The van der Waals surface area contributed by atoms with Crippen LogP contribution in [0.5, 0.6) is 17.2 Å². The number of aliphatic hydroxyl groups is 1. The lowest BCUT2D eigenvalue weighted by atomic mass is 10.1. The number of aromatic nitrogens is 1. The molecule has 10 nitrogen and oxygen atoms in total. The van der Waals surface area contributed by atoms with Crippen molar-refractivity contribution in [1.82, 2.24) is 10.3 Å². The maximum absolute atomic E-state index is 12.6. The summed E-state index contributed by atoms with van der Waals surface area (Å²) < 4.78 is 16.3. The molecule has 2 aromatic carbocycles. The Hall–Kier alpha value is -3.70. The Labute approximate surface area is 187 Å². The second-order valence-electron chi connectivity index (χ2n) is 6.53. The standard InChI is InChI=1S/C21H21N3O7S/c1-29-19-7-17(18(24(27)28)8-20(19)31-10-14-12-32-13-23-14)21(26)22-9-15(25)11-30-16-5-3-2-4-6-16/h2-8,12-13,15,25H,9-11H2,1H3,(H,22,26). The van der Waals surface area contributed by atoms with Crippen molar-refractivity contribution >= 4 is 22.9 Å². The summed E-state index contributed by atoms with van der Waals surface area (Å²) >= 11 is 1.40. The second-order valence-corrected chi connectivity index (χ2v) is 7.25. The monoisotopic (exact) mass is 459 g/mol. The highest BCUT2D eigenvalue weighted by Gasteiger charge is 2.25. The number of rotatable bonds is 11. The number of nitrogens with one attached hydrogen (secondary N) is 1. The van der Waals surface area contributed by atoms with Gasteiger partial charge in [-0.05, 0) is 12.1 Å². The summed E-state index contributed by atoms with van der Waals surface area (Å²) in [4.78, 5) is 27.6. The number of para-hydroxylation sites is 1. The Balaban J connectivity index is 1.66. The number of methoxy groups -OCH3 is 1. The van der Waals surface area contributed by atoms with Crippen LogP contribution in [0.25, 0.3) is 0 Å². The van der Waals surface area contributed by atoms with Gasteiger partial charge in [0.05, 0.1) is 29.3 Å². The Kier molecular flexibility index (Phi) is 7.95. The molecular formula is C21H21N3O7S. The van der Waals surface area contributed by atoms with E-state index in [2.05, 4.69) is 10.3 Å². The molecule has 3 aromatic rings. The number of hydrogen-bond acceptors (Lipinski definition) is 9. The van der Waals surface area contributed by atoms with Gasteiger partial charge in [0, 0.05) is 18.0 Å². The van der Waals surface area contributed by atoms with Crippen LogP contribution in [0.15, 0.2) is 53.4 Å². The lowest BCUT2D eigenvalue weighted by molar-refractivity contribution is -0.385. The van der Waals surface area contributed by atoms with Crippen molar-refractivity contribution in [2.24, 2.45) is 0 Å². The fraction of sp³-hybridized carbons (Fsp3) is 0.238. The van der Waals surface area contributed by atoms with Crippen LogP contribution in [0.2, 0.25) is 0 Å². The predicted molar refractivity (Wildman–Crippen MR) is 116 cm³/mol. The van der Waals surface area contributed by atoms with E-state index < -0.39 is 22.6 Å². The van der Waals surface area contributed by atoms with Crippen molar-refractivity contribution in [1.29, 1.82) is 0 Å². The van der Waals surface area contributed by atoms with Crippen LogP contribution in [-0.4, -0.2) is 47.3 Å². The molecule has 0 aliphatic carbocycles. The molecule has 0 fully saturated rings. The molecule has 0 saturated carbocycles. The topological polar surface area (TPSA) is 133 Å². The van der Waals surface area contributed by atoms with Gasteiger partial charge in [-0.15, -0.1) is 11.3 Å². The van der Waals surface area contributed by atoms with Crippen LogP contribution >= 0.6 is 11.3 Å². The average Bonchev–Trinajstić information content (AvgIpc) is 3.33. The summed E-state index contributed by atoms with van der Waals surface area (Å²) in [5.41, 5.74) is 1.63. The first-order valence-corrected chi connectivity index (χ1v) is 10.4. The molecule has 0 aliphatic rings. The maximum Gasteiger partial charge on any atom is 0.286 e. The number of benzene rings is 2. The van der Waals surface area contributed by atoms with E-state index in [1.54, 1.807) is 35.2 Å². The van der Waals surface area contributed by atoms with Crippen LogP contribution in [0, 0.1) is 10.1 Å². The molecular weight excluding hydrogens is 438 g/mol. The Bertz CT molecular complexity index is 1050. The summed E-state index contributed by atoms with van der Waals surface area (Å²) in [7, 11) is 1.36. The molecule has 1 heterocycles. The van der Waals surface area contributed by atoms with Gasteiger partial charge in [0.25, 0.3) is 11.6 Å². The predicted octanol–water partition coefficient (Wildman–Crippen LogP) is 2.81. The summed E-state index contributed by atoms with van der Waals surface area (Å²) in [6, 6.07) is 11.3. The van der Waals surface area contributed by atoms with Crippen LogP contribution in [0.1, 0.15) is 16.1 Å². The molecule has 0 spiro atoms. The van der Waals surface area contributed by atoms with Crippen molar-refractivity contribution in [3.8, 4) is 17.2 Å². The number of thiazole rings is 1. The van der Waals surface area contributed by atoms with Crippen molar-refractivity contribution in [2.75, 3.05) is 20.3 Å². The summed E-state index contributed by atoms with van der Waals surface area (Å²) in [6.45, 7) is -0.123. The van der Waals surface area contributed by atoms with Gasteiger partial charge in [-0.2, -0.15) is 0 Å². The largest absolute Gasteiger partial charge is 0.493 e. The molecule has 11 heteroatoms. The first-order valence-electron chi connectivity index (χ1n) is 9.48. The summed E-state index contributed by atoms with van der Waals surface area (Å²) in [5.74, 6) is 0.107. The quantitative estimate of drug-likeness (QED) is 0.330. The third kappa shape index (κ3) is 6.15. The number of carbonyl (C=O) groups excluding carboxylic acids is 1. The number of aliphatic hydroxyl groups excluding tert-OH is 1. The van der Waals surface area contributed by atoms with E-state index in [9.17, 15) is 20.0 Å². The van der Waals surface area contributed by atoms with E-state index in [0.717, 1.165) is 6.07 Å². The molecule has 1 aromatic heterocycles. The average molecular weight is 459 g/mol. The van der Waals surface area contributed by atoms with Crippen molar-refractivity contribution in [3.63, 3.8) is 0 Å². The second kappa shape index (κ2) is 11.1. The molecule has 3 rings (SSSR count). The number of nitro groups is 1. The number of hydrogen-bond donors (Lipinski definition) is 2. The van der Waals surface area contributed by atoms with Gasteiger partial charge in [-0.1, -0.05) is 18.2 Å². The fourth-order valence-electron chi connectivity index (χ4n) is 2.69. The molecule has 0 radical (unpaired) electrons. The van der Waals surface area contributed by atoms with E-state index in [4.69, 9.17) is 14.2 Å². The lowest BCUT2D eigenvalue weighted by Crippen LogP contribution is -2.35. The molecule has 0 bridgehead atoms. The van der Waals surface area contributed by atoms with Gasteiger partial charge in [0.2, 0.25) is 0 Å². The minimum atomic E-state index is -1.01. The van der Waals surface area contributed by atoms with E-state index in [1.165, 1.54) is 24.5 Å². The first kappa shape index (κ1) is 23.0. The highest BCUT2D eigenvalue weighted by atomic mass is 32.1. The minimum absolute atomic E-state index is 0.0564. The SMILES string of the molecule is COc1cc(C(=O)NCC(O)COc2ccccc2)c([N+](=O)[O-])cc1OCc1cscn1. The smallest absolute Gasteiger partial charge is 0.286 e. The first-order chi connectivity index (χ1) is 15.5. The highest BCUT2D eigenvalue weighted by molar-refractivity contribution is 7.07. The number of ether oxygens (including phenoxy) is 3. The molecule has 1 amide bonds. The number of amides is 1. The summed E-state index contributed by atoms with van der Waals surface area (Å²) in [5, 5.41) is 25.9. The van der Waals surface area contributed by atoms with Crippen LogP contribution in [0.3, 0.4) is 0 Å². The number of carbonyl (C=O) groups is 1. The fourth-order valence-corrected chi connectivity index (χ4v) is 3.23. The molecule has 0 aliphatic heterocycles.